The zero-order valence-electron chi connectivity index (χ0n) is 23.0. The van der Waals surface area contributed by atoms with Crippen LogP contribution in [0, 0.1) is 0 Å². The second-order valence-corrected chi connectivity index (χ2v) is 11.3. The highest BCUT2D eigenvalue weighted by molar-refractivity contribution is 7.09. The summed E-state index contributed by atoms with van der Waals surface area (Å²) in [4.78, 5) is 35.8. The molecule has 2 aromatic carbocycles. The van der Waals surface area contributed by atoms with Gasteiger partial charge in [0, 0.05) is 49.0 Å². The number of anilines is 2. The maximum Gasteiger partial charge on any atom is 0.416 e. The molecule has 0 radical (unpaired) electrons. The number of nitrogens with one attached hydrogen (secondary N) is 1. The highest BCUT2D eigenvalue weighted by Gasteiger charge is 2.31. The van der Waals surface area contributed by atoms with Gasteiger partial charge in [-0.05, 0) is 55.7 Å². The molecule has 3 amide bonds. The van der Waals surface area contributed by atoms with E-state index in [-0.39, 0.29) is 24.5 Å². The molecule has 1 N–H and O–H groups in total. The first kappa shape index (κ1) is 29.4. The Labute approximate surface area is 236 Å². The number of alkyl halides is 3. The van der Waals surface area contributed by atoms with Crippen molar-refractivity contribution in [2.45, 2.75) is 52.4 Å². The van der Waals surface area contributed by atoms with Crippen LogP contribution in [0.25, 0.3) is 0 Å². The van der Waals surface area contributed by atoms with Gasteiger partial charge in [-0.2, -0.15) is 13.2 Å². The highest BCUT2D eigenvalue weighted by Crippen LogP contribution is 2.32. The summed E-state index contributed by atoms with van der Waals surface area (Å²) in [6.45, 7) is 9.91. The number of carbonyl (C=O) groups excluding carboxylic acids is 2. The Bertz CT molecular complexity index is 1320. The van der Waals surface area contributed by atoms with Crippen molar-refractivity contribution in [2.24, 2.45) is 0 Å². The van der Waals surface area contributed by atoms with Gasteiger partial charge in [-0.15, -0.1) is 11.3 Å². The predicted molar refractivity (Wildman–Crippen MR) is 152 cm³/mol. The van der Waals surface area contributed by atoms with Crippen LogP contribution < -0.4 is 10.2 Å². The molecular weight excluding hydrogens is 539 g/mol. The minimum atomic E-state index is -4.40. The Kier molecular flexibility index (Phi) is 9.02. The molecule has 2 heterocycles. The average molecular weight is 574 g/mol. The molecule has 1 saturated heterocycles. The summed E-state index contributed by atoms with van der Waals surface area (Å²) in [5, 5.41) is 5.28. The molecule has 0 atom stereocenters. The molecule has 1 aromatic heterocycles. The van der Waals surface area contributed by atoms with E-state index in [1.54, 1.807) is 21.2 Å². The second-order valence-electron chi connectivity index (χ2n) is 10.4. The van der Waals surface area contributed by atoms with E-state index in [9.17, 15) is 22.8 Å². The molecule has 0 bridgehead atoms. The van der Waals surface area contributed by atoms with Gasteiger partial charge < -0.3 is 20.0 Å². The normalized spacial score (nSPS) is 14.1. The molecule has 11 heteroatoms. The number of urea groups is 1. The predicted octanol–water partition coefficient (Wildman–Crippen LogP) is 6.69. The number of nitrogens with zero attached hydrogens (tertiary/aromatic N) is 4. The topological polar surface area (TPSA) is 68.8 Å². The van der Waals surface area contributed by atoms with Gasteiger partial charge in [0.15, 0.2) is 0 Å². The molecule has 214 valence electrons. The van der Waals surface area contributed by atoms with Crippen molar-refractivity contribution in [3.8, 4) is 0 Å². The Hall–Kier alpha value is -3.60. The fourth-order valence-electron chi connectivity index (χ4n) is 4.47. The summed E-state index contributed by atoms with van der Waals surface area (Å²) in [6, 6.07) is 12.7. The molecule has 0 spiro atoms. The lowest BCUT2D eigenvalue weighted by Gasteiger charge is -2.36. The van der Waals surface area contributed by atoms with Crippen molar-refractivity contribution < 1.29 is 22.8 Å². The fourth-order valence-corrected chi connectivity index (χ4v) is 5.24. The van der Waals surface area contributed by atoms with Crippen molar-refractivity contribution >= 4 is 34.6 Å². The third-order valence-corrected chi connectivity index (χ3v) is 7.73. The Morgan fingerprint density at radius 3 is 2.30 bits per heavy atom. The van der Waals surface area contributed by atoms with E-state index in [2.05, 4.69) is 24.1 Å². The maximum atomic E-state index is 13.1. The molecule has 0 aliphatic carbocycles. The summed E-state index contributed by atoms with van der Waals surface area (Å²) in [5.41, 5.74) is 2.00. The number of hydrogen-bond acceptors (Lipinski definition) is 5. The van der Waals surface area contributed by atoms with Gasteiger partial charge in [0.05, 0.1) is 12.1 Å². The highest BCUT2D eigenvalue weighted by atomic mass is 32.1. The number of rotatable bonds is 7. The quantitative estimate of drug-likeness (QED) is 0.342. The summed E-state index contributed by atoms with van der Waals surface area (Å²) in [6.07, 6.45) is -4.40. The van der Waals surface area contributed by atoms with Crippen molar-refractivity contribution in [2.75, 3.05) is 36.4 Å². The van der Waals surface area contributed by atoms with Gasteiger partial charge in [-0.25, -0.2) is 9.78 Å². The first-order chi connectivity index (χ1) is 18.9. The van der Waals surface area contributed by atoms with Crippen LogP contribution in [0.2, 0.25) is 0 Å². The van der Waals surface area contributed by atoms with Crippen LogP contribution in [-0.2, 0) is 12.7 Å². The molecule has 3 aromatic rings. The maximum absolute atomic E-state index is 13.1. The Morgan fingerprint density at radius 2 is 1.70 bits per heavy atom. The summed E-state index contributed by atoms with van der Waals surface area (Å²) >= 11 is 1.32. The van der Waals surface area contributed by atoms with Crippen LogP contribution in [0.5, 0.6) is 0 Å². The van der Waals surface area contributed by atoms with Crippen LogP contribution in [0.15, 0.2) is 53.9 Å². The molecule has 0 unspecified atom stereocenters. The number of benzene rings is 2. The van der Waals surface area contributed by atoms with Crippen LogP contribution in [0.3, 0.4) is 0 Å². The largest absolute Gasteiger partial charge is 0.416 e. The van der Waals surface area contributed by atoms with Gasteiger partial charge in [-0.3, -0.25) is 4.79 Å². The van der Waals surface area contributed by atoms with Gasteiger partial charge in [0.2, 0.25) is 0 Å². The molecule has 1 fully saturated rings. The SMILES string of the molecule is CC(C)c1ccc(NC(=O)N(Cc2nc(C(=O)N3CCN(c4cccc(C(F)(F)F)c4)CC3)cs2)C(C)C)cc1. The summed E-state index contributed by atoms with van der Waals surface area (Å²) in [7, 11) is 0. The van der Waals surface area contributed by atoms with Crippen molar-refractivity contribution in [1.29, 1.82) is 0 Å². The van der Waals surface area contributed by atoms with Crippen molar-refractivity contribution in [1.82, 2.24) is 14.8 Å². The minimum Gasteiger partial charge on any atom is -0.368 e. The van der Waals surface area contributed by atoms with E-state index < -0.39 is 11.7 Å². The molecule has 1 aliphatic heterocycles. The Morgan fingerprint density at radius 1 is 1.02 bits per heavy atom. The number of piperazine rings is 1. The van der Waals surface area contributed by atoms with Gasteiger partial charge >= 0.3 is 12.2 Å². The number of carbonyl (C=O) groups is 2. The van der Waals surface area contributed by atoms with Crippen LogP contribution >= 0.6 is 11.3 Å². The van der Waals surface area contributed by atoms with E-state index in [4.69, 9.17) is 0 Å². The number of amides is 3. The van der Waals surface area contributed by atoms with E-state index in [1.165, 1.54) is 23.0 Å². The zero-order chi connectivity index (χ0) is 29.0. The molecule has 1 aliphatic rings. The van der Waals surface area contributed by atoms with Crippen LogP contribution in [0.4, 0.5) is 29.3 Å². The molecule has 4 rings (SSSR count). The van der Waals surface area contributed by atoms with Crippen molar-refractivity contribution in [3.05, 3.63) is 75.7 Å². The lowest BCUT2D eigenvalue weighted by atomic mass is 10.0. The van der Waals surface area contributed by atoms with Crippen LogP contribution in [-0.4, -0.2) is 58.9 Å². The van der Waals surface area contributed by atoms with Crippen molar-refractivity contribution in [3.63, 3.8) is 0 Å². The van der Waals surface area contributed by atoms with Crippen LogP contribution in [0.1, 0.15) is 60.2 Å². The third-order valence-electron chi connectivity index (χ3n) is 6.89. The molecule has 0 saturated carbocycles. The number of hydrogen-bond donors (Lipinski definition) is 1. The Balaban J connectivity index is 1.35. The number of aromatic nitrogens is 1. The summed E-state index contributed by atoms with van der Waals surface area (Å²) < 4.78 is 39.3. The smallest absolute Gasteiger partial charge is 0.368 e. The third kappa shape index (κ3) is 7.12. The summed E-state index contributed by atoms with van der Waals surface area (Å²) in [5.74, 6) is 0.176. The van der Waals surface area contributed by atoms with E-state index >= 15 is 0 Å². The number of halogens is 3. The van der Waals surface area contributed by atoms with E-state index in [0.29, 0.717) is 54.2 Å². The van der Waals surface area contributed by atoms with E-state index in [1.807, 2.05) is 43.0 Å². The van der Waals surface area contributed by atoms with Gasteiger partial charge in [-0.1, -0.05) is 32.0 Å². The number of thiazole rings is 1. The molecule has 7 nitrogen and oxygen atoms in total. The second kappa shape index (κ2) is 12.3. The van der Waals surface area contributed by atoms with Gasteiger partial charge in [0.1, 0.15) is 10.7 Å². The van der Waals surface area contributed by atoms with E-state index in [0.717, 1.165) is 12.1 Å². The minimum absolute atomic E-state index is 0.0954. The molecular formula is C29H34F3N5O2S. The van der Waals surface area contributed by atoms with Gasteiger partial charge in [0.25, 0.3) is 5.91 Å². The standard InChI is InChI=1S/C29H34F3N5O2S/c1-19(2)21-8-10-23(11-9-21)33-28(39)37(20(3)4)17-26-34-25(18-40-26)27(38)36-14-12-35(13-15-36)24-7-5-6-22(16-24)29(30,31)32/h5-11,16,18-20H,12-15,17H2,1-4H3,(H,33,39). The lowest BCUT2D eigenvalue weighted by molar-refractivity contribution is -0.137. The average Bonchev–Trinajstić information content (AvgIpc) is 3.40. The lowest BCUT2D eigenvalue weighted by Crippen LogP contribution is -2.49. The first-order valence-electron chi connectivity index (χ1n) is 13.3. The first-order valence-corrected chi connectivity index (χ1v) is 14.1. The molecule has 40 heavy (non-hydrogen) atoms. The zero-order valence-corrected chi connectivity index (χ0v) is 23.9. The fraction of sp³-hybridized carbons (Fsp3) is 0.414. The monoisotopic (exact) mass is 573 g/mol.